The number of anilines is 5. The molecule has 0 spiro atoms. The molecule has 0 fully saturated rings. The fourth-order valence-electron chi connectivity index (χ4n) is 12.5. The molecular weight excluding hydrogens is 829 g/mol. The highest BCUT2D eigenvalue weighted by Crippen LogP contribution is 2.63. The highest BCUT2D eigenvalue weighted by molar-refractivity contribution is 6.19. The van der Waals surface area contributed by atoms with Crippen LogP contribution in [-0.2, 0) is 10.8 Å². The molecule has 0 N–H and O–H groups in total. The van der Waals surface area contributed by atoms with Crippen molar-refractivity contribution in [2.24, 2.45) is 0 Å². The highest BCUT2D eigenvalue weighted by Gasteiger charge is 2.49. The summed E-state index contributed by atoms with van der Waals surface area (Å²) in [5, 5.41) is 3.43. The number of benzene rings is 8. The summed E-state index contributed by atoms with van der Waals surface area (Å²) >= 11 is 0. The average Bonchev–Trinajstić information content (AvgIpc) is 4.04. The Morgan fingerprint density at radius 2 is 0.956 bits per heavy atom. The summed E-state index contributed by atoms with van der Waals surface area (Å²) < 4.78 is 14.4. The van der Waals surface area contributed by atoms with Gasteiger partial charge in [-0.3, -0.25) is 0 Å². The SMILES string of the molecule is Cc1ccccc1N(c1ccccc1C)c1cc2c(c3oc4ccccc4c13)-c1cc3c(cc1C2(C)C)C1=C(CC(N(c2ccccc2C)c2ccccc2C)c2c1oc1ccccc21)C3(C)C. The summed E-state index contributed by atoms with van der Waals surface area (Å²) in [7, 11) is 0. The largest absolute Gasteiger partial charge is 0.456 e. The van der Waals surface area contributed by atoms with Crippen LogP contribution in [0.3, 0.4) is 0 Å². The van der Waals surface area contributed by atoms with E-state index < -0.39 is 0 Å². The Bertz CT molecular complexity index is 3710. The van der Waals surface area contributed by atoms with Crippen molar-refractivity contribution in [1.82, 2.24) is 0 Å². The smallest absolute Gasteiger partial charge is 0.145 e. The molecule has 1 atom stereocenters. The molecule has 0 saturated heterocycles. The van der Waals surface area contributed by atoms with Gasteiger partial charge in [0.2, 0.25) is 0 Å². The van der Waals surface area contributed by atoms with Crippen molar-refractivity contribution in [2.45, 2.75) is 78.7 Å². The topological polar surface area (TPSA) is 32.8 Å². The second-order valence-electron chi connectivity index (χ2n) is 20.6. The minimum atomic E-state index is -0.363. The van der Waals surface area contributed by atoms with E-state index >= 15 is 0 Å². The monoisotopic (exact) mass is 882 g/mol. The van der Waals surface area contributed by atoms with Gasteiger partial charge in [-0.1, -0.05) is 137 Å². The van der Waals surface area contributed by atoms with Crippen molar-refractivity contribution in [2.75, 3.05) is 9.80 Å². The van der Waals surface area contributed by atoms with Crippen molar-refractivity contribution in [3.05, 3.63) is 225 Å². The lowest BCUT2D eigenvalue weighted by molar-refractivity contribution is 0.535. The minimum absolute atomic E-state index is 0.00903. The Morgan fingerprint density at radius 3 is 1.54 bits per heavy atom. The zero-order chi connectivity index (χ0) is 46.4. The van der Waals surface area contributed by atoms with E-state index in [9.17, 15) is 0 Å². The van der Waals surface area contributed by atoms with Crippen LogP contribution < -0.4 is 9.80 Å². The number of para-hydroxylation sites is 6. The van der Waals surface area contributed by atoms with Gasteiger partial charge in [0.05, 0.1) is 17.1 Å². The first-order valence-corrected chi connectivity index (χ1v) is 24.2. The van der Waals surface area contributed by atoms with Crippen molar-refractivity contribution in [3.8, 4) is 11.1 Å². The van der Waals surface area contributed by atoms with Gasteiger partial charge in [0.1, 0.15) is 22.5 Å². The third-order valence-corrected chi connectivity index (χ3v) is 16.0. The van der Waals surface area contributed by atoms with E-state index in [2.05, 4.69) is 229 Å². The second kappa shape index (κ2) is 14.5. The fraction of sp³-hybridized carbons (Fsp3) is 0.188. The molecule has 0 aliphatic heterocycles. The van der Waals surface area contributed by atoms with Gasteiger partial charge in [-0.25, -0.2) is 0 Å². The first-order valence-electron chi connectivity index (χ1n) is 24.2. The molecular formula is C64H54N2O2. The molecule has 3 aliphatic rings. The Kier molecular flexibility index (Phi) is 8.66. The van der Waals surface area contributed by atoms with Crippen LogP contribution in [0.2, 0.25) is 0 Å². The lowest BCUT2D eigenvalue weighted by atomic mass is 9.74. The lowest BCUT2D eigenvalue weighted by Gasteiger charge is -2.40. The standard InChI is InChI=1S/C64H54N2O2/c1-37-21-9-15-27-49(37)65(50-28-16-10-22-38(50)2)53-35-47-57(61-59(53)41-25-13-19-31-55(41)67-61)43-33-46-44(34-45(43)63(47,5)6)58-48(64(46,7)8)36-54(60-42-26-14-20-32-56(42)68-62(58)60)66(51-29-17-11-23-39(51)3)52-30-18-12-24-40(52)4/h9-35,54H,36H2,1-8H3. The molecule has 0 bridgehead atoms. The highest BCUT2D eigenvalue weighted by atomic mass is 16.3. The van der Waals surface area contributed by atoms with Crippen LogP contribution in [0.5, 0.6) is 0 Å². The summed E-state index contributed by atoms with van der Waals surface area (Å²) in [5.74, 6) is 0.999. The zero-order valence-corrected chi connectivity index (χ0v) is 40.1. The van der Waals surface area contributed by atoms with E-state index in [0.29, 0.717) is 0 Å². The molecule has 0 amide bonds. The number of furan rings is 2. The van der Waals surface area contributed by atoms with Crippen molar-refractivity contribution in [3.63, 3.8) is 0 Å². The third-order valence-electron chi connectivity index (χ3n) is 16.0. The Balaban J connectivity index is 1.06. The summed E-state index contributed by atoms with van der Waals surface area (Å²) in [4.78, 5) is 5.09. The number of rotatable bonds is 6. The molecule has 8 aromatic carbocycles. The van der Waals surface area contributed by atoms with Crippen LogP contribution in [0.25, 0.3) is 49.6 Å². The van der Waals surface area contributed by atoms with Crippen LogP contribution in [0.1, 0.15) is 96.0 Å². The van der Waals surface area contributed by atoms with Gasteiger partial charge in [-0.15, -0.1) is 0 Å². The average molecular weight is 883 g/mol. The van der Waals surface area contributed by atoms with Crippen molar-refractivity contribution in [1.29, 1.82) is 0 Å². The number of aryl methyl sites for hydroxylation is 4. The maximum Gasteiger partial charge on any atom is 0.145 e. The van der Waals surface area contributed by atoms with Crippen LogP contribution in [-0.4, -0.2) is 0 Å². The summed E-state index contributed by atoms with van der Waals surface area (Å²) in [6, 6.07) is 60.1. The van der Waals surface area contributed by atoms with Crippen molar-refractivity contribution < 1.29 is 8.83 Å². The Morgan fingerprint density at radius 1 is 0.471 bits per heavy atom. The fourth-order valence-corrected chi connectivity index (χ4v) is 12.5. The van der Waals surface area contributed by atoms with Gasteiger partial charge in [0, 0.05) is 61.1 Å². The molecule has 10 aromatic rings. The molecule has 3 aliphatic carbocycles. The van der Waals surface area contributed by atoms with Crippen molar-refractivity contribution >= 4 is 66.9 Å². The summed E-state index contributed by atoms with van der Waals surface area (Å²) in [6.45, 7) is 18.6. The molecule has 2 heterocycles. The van der Waals surface area contributed by atoms with Crippen LogP contribution >= 0.6 is 0 Å². The first kappa shape index (κ1) is 40.7. The van der Waals surface area contributed by atoms with Gasteiger partial charge in [0.15, 0.2) is 0 Å². The quantitative estimate of drug-likeness (QED) is 0.167. The molecule has 332 valence electrons. The molecule has 68 heavy (non-hydrogen) atoms. The number of hydrogen-bond donors (Lipinski definition) is 0. The summed E-state index contributed by atoms with van der Waals surface area (Å²) in [6.07, 6.45) is 0.853. The second-order valence-corrected chi connectivity index (χ2v) is 20.6. The normalized spacial score (nSPS) is 16.2. The zero-order valence-electron chi connectivity index (χ0n) is 40.1. The van der Waals surface area contributed by atoms with Gasteiger partial charge in [-0.05, 0) is 144 Å². The van der Waals surface area contributed by atoms with E-state index in [4.69, 9.17) is 8.83 Å². The Labute approximate surface area is 398 Å². The predicted octanol–water partition coefficient (Wildman–Crippen LogP) is 17.7. The van der Waals surface area contributed by atoms with E-state index in [1.54, 1.807) is 0 Å². The number of nitrogens with zero attached hydrogens (tertiary/aromatic N) is 2. The molecule has 13 rings (SSSR count). The maximum atomic E-state index is 7.23. The Hall–Kier alpha value is -7.56. The van der Waals surface area contributed by atoms with E-state index in [1.807, 2.05) is 0 Å². The van der Waals surface area contributed by atoms with Crippen LogP contribution in [0.15, 0.2) is 178 Å². The molecule has 4 nitrogen and oxygen atoms in total. The summed E-state index contributed by atoms with van der Waals surface area (Å²) in [5.41, 5.74) is 24.5. The molecule has 2 aromatic heterocycles. The first-order chi connectivity index (χ1) is 32.9. The van der Waals surface area contributed by atoms with E-state index in [0.717, 1.165) is 56.8 Å². The molecule has 0 radical (unpaired) electrons. The van der Waals surface area contributed by atoms with Gasteiger partial charge in [-0.2, -0.15) is 0 Å². The predicted molar refractivity (Wildman–Crippen MR) is 283 cm³/mol. The van der Waals surface area contributed by atoms with E-state index in [1.165, 1.54) is 89.1 Å². The lowest BCUT2D eigenvalue weighted by Crippen LogP contribution is -2.30. The van der Waals surface area contributed by atoms with Crippen LogP contribution in [0.4, 0.5) is 28.4 Å². The molecule has 4 heteroatoms. The minimum Gasteiger partial charge on any atom is -0.456 e. The van der Waals surface area contributed by atoms with Gasteiger partial charge >= 0.3 is 0 Å². The van der Waals surface area contributed by atoms with Gasteiger partial charge in [0.25, 0.3) is 0 Å². The van der Waals surface area contributed by atoms with E-state index in [-0.39, 0.29) is 16.9 Å². The van der Waals surface area contributed by atoms with Crippen LogP contribution in [0, 0.1) is 27.7 Å². The maximum absolute atomic E-state index is 7.23. The number of fused-ring (bicyclic) bond motifs is 13. The van der Waals surface area contributed by atoms with Gasteiger partial charge < -0.3 is 18.6 Å². The molecule has 0 saturated carbocycles. The third kappa shape index (κ3) is 5.55. The molecule has 1 unspecified atom stereocenters. The number of hydrogen-bond acceptors (Lipinski definition) is 4.